The topological polar surface area (TPSA) is 77.4 Å². The number of likely N-dealkylation sites (tertiary alicyclic amines) is 1. The molecule has 0 atom stereocenters. The Balaban J connectivity index is 1.63. The van der Waals surface area contributed by atoms with Gasteiger partial charge < -0.3 is 14.4 Å². The van der Waals surface area contributed by atoms with E-state index in [1.165, 1.54) is 24.5 Å². The van der Waals surface area contributed by atoms with Crippen molar-refractivity contribution in [3.05, 3.63) is 59.1 Å². The third-order valence-electron chi connectivity index (χ3n) is 5.04. The number of hydrogen-bond acceptors (Lipinski definition) is 6. The van der Waals surface area contributed by atoms with Crippen molar-refractivity contribution in [2.45, 2.75) is 18.9 Å². The number of nitrogens with zero attached hydrogens (tertiary/aromatic N) is 4. The van der Waals surface area contributed by atoms with Gasteiger partial charge in [-0.3, -0.25) is 4.79 Å². The molecule has 0 saturated carbocycles. The fraction of sp³-hybridized carbons (Fsp3) is 0.238. The van der Waals surface area contributed by atoms with Crippen LogP contribution in [0.15, 0.2) is 43.2 Å². The Hall–Kier alpha value is -2.97. The van der Waals surface area contributed by atoms with E-state index in [-0.39, 0.29) is 33.1 Å². The summed E-state index contributed by atoms with van der Waals surface area (Å²) in [5.74, 6) is -0.749. The molecule has 1 aliphatic rings. The lowest BCUT2D eigenvalue weighted by Gasteiger charge is -2.48. The predicted molar refractivity (Wildman–Crippen MR) is 114 cm³/mol. The van der Waals surface area contributed by atoms with Crippen molar-refractivity contribution in [2.75, 3.05) is 13.1 Å². The monoisotopic (exact) mass is 462 g/mol. The number of ether oxygens (including phenoxy) is 2. The number of hydrogen-bond donors (Lipinski definition) is 0. The van der Waals surface area contributed by atoms with Gasteiger partial charge in [-0.1, -0.05) is 36.7 Å². The maximum Gasteiger partial charge on any atom is 0.249 e. The summed E-state index contributed by atoms with van der Waals surface area (Å²) >= 11 is 11.7. The standard InChI is InChI=1S/C21H17Cl2FN4O3/c1-3-16(29)28-9-21(4-2,10-28)31-15-8-6-13-19(27-15)20(26-11-25-13)30-14-7-5-12(22)17(23)18(14)24/h3,5-8,11H,1,4,9-10H2,2H3. The summed E-state index contributed by atoms with van der Waals surface area (Å²) in [5.41, 5.74) is 0.224. The highest BCUT2D eigenvalue weighted by Crippen LogP contribution is 2.36. The first kappa shape index (κ1) is 21.3. The summed E-state index contributed by atoms with van der Waals surface area (Å²) in [4.78, 5) is 26.1. The maximum absolute atomic E-state index is 14.4. The van der Waals surface area contributed by atoms with Crippen LogP contribution in [0.1, 0.15) is 13.3 Å². The number of amides is 1. The summed E-state index contributed by atoms with van der Waals surface area (Å²) < 4.78 is 26.2. The summed E-state index contributed by atoms with van der Waals surface area (Å²) in [6.45, 7) is 6.33. The smallest absolute Gasteiger partial charge is 0.249 e. The molecule has 10 heteroatoms. The van der Waals surface area contributed by atoms with Crippen molar-refractivity contribution in [3.8, 4) is 17.5 Å². The minimum atomic E-state index is -0.806. The minimum Gasteiger partial charge on any atom is -0.467 e. The van der Waals surface area contributed by atoms with Gasteiger partial charge in [-0.2, -0.15) is 4.98 Å². The molecule has 4 rings (SSSR count). The molecule has 0 N–H and O–H groups in total. The molecule has 3 heterocycles. The SMILES string of the molecule is C=CC(=O)N1CC(CC)(Oc2ccc3ncnc(Oc4ccc(Cl)c(Cl)c4F)c3n2)C1. The van der Waals surface area contributed by atoms with Crippen molar-refractivity contribution in [1.29, 1.82) is 0 Å². The molecule has 0 spiro atoms. The van der Waals surface area contributed by atoms with Gasteiger partial charge in [-0.05, 0) is 30.7 Å². The van der Waals surface area contributed by atoms with Gasteiger partial charge in [0.05, 0.1) is 28.7 Å². The summed E-state index contributed by atoms with van der Waals surface area (Å²) in [6, 6.07) is 6.15. The van der Waals surface area contributed by atoms with Crippen LogP contribution in [0, 0.1) is 5.82 Å². The van der Waals surface area contributed by atoms with Crippen LogP contribution in [0.4, 0.5) is 4.39 Å². The number of fused-ring (bicyclic) bond motifs is 1. The van der Waals surface area contributed by atoms with Gasteiger partial charge in [-0.15, -0.1) is 0 Å². The molecule has 1 amide bonds. The third kappa shape index (κ3) is 4.00. The highest BCUT2D eigenvalue weighted by Gasteiger charge is 2.45. The lowest BCUT2D eigenvalue weighted by Crippen LogP contribution is -2.66. The number of benzene rings is 1. The zero-order chi connectivity index (χ0) is 22.2. The molecule has 0 aliphatic carbocycles. The van der Waals surface area contributed by atoms with Gasteiger partial charge in [-0.25, -0.2) is 14.4 Å². The Morgan fingerprint density at radius 3 is 2.77 bits per heavy atom. The zero-order valence-corrected chi connectivity index (χ0v) is 18.0. The van der Waals surface area contributed by atoms with Gasteiger partial charge in [0.15, 0.2) is 17.1 Å². The molecule has 160 valence electrons. The average molecular weight is 463 g/mol. The van der Waals surface area contributed by atoms with E-state index in [1.807, 2.05) is 6.92 Å². The Kier molecular flexibility index (Phi) is 5.68. The number of pyridine rings is 1. The quantitative estimate of drug-likeness (QED) is 0.386. The van der Waals surface area contributed by atoms with E-state index in [9.17, 15) is 9.18 Å². The molecule has 1 saturated heterocycles. The van der Waals surface area contributed by atoms with E-state index in [0.717, 1.165) is 0 Å². The van der Waals surface area contributed by atoms with E-state index in [0.29, 0.717) is 30.9 Å². The van der Waals surface area contributed by atoms with Crippen LogP contribution >= 0.6 is 23.2 Å². The summed E-state index contributed by atoms with van der Waals surface area (Å²) in [6.07, 6.45) is 3.24. The number of halogens is 3. The first-order valence-electron chi connectivity index (χ1n) is 9.39. The Morgan fingerprint density at radius 2 is 2.06 bits per heavy atom. The second-order valence-corrected chi connectivity index (χ2v) is 7.79. The second kappa shape index (κ2) is 8.28. The van der Waals surface area contributed by atoms with Gasteiger partial charge in [0, 0.05) is 6.07 Å². The molecule has 0 bridgehead atoms. The number of carbonyl (C=O) groups is 1. The summed E-state index contributed by atoms with van der Waals surface area (Å²) in [5, 5.41) is -0.176. The lowest BCUT2D eigenvalue weighted by atomic mass is 9.90. The van der Waals surface area contributed by atoms with Gasteiger partial charge in [0.2, 0.25) is 17.7 Å². The van der Waals surface area contributed by atoms with Gasteiger partial charge in [0.25, 0.3) is 0 Å². The zero-order valence-electron chi connectivity index (χ0n) is 16.4. The van der Waals surface area contributed by atoms with Crippen LogP contribution in [0.25, 0.3) is 11.0 Å². The Labute approximate surface area is 187 Å². The largest absolute Gasteiger partial charge is 0.467 e. The van der Waals surface area contributed by atoms with Crippen LogP contribution in [-0.4, -0.2) is 44.4 Å². The Morgan fingerprint density at radius 1 is 1.29 bits per heavy atom. The Bertz CT molecular complexity index is 1180. The molecular formula is C21H17Cl2FN4O3. The summed E-state index contributed by atoms with van der Waals surface area (Å²) in [7, 11) is 0. The molecule has 2 aromatic heterocycles. The van der Waals surface area contributed by atoms with Crippen LogP contribution in [0.3, 0.4) is 0 Å². The molecule has 0 radical (unpaired) electrons. The van der Waals surface area contributed by atoms with Crippen LogP contribution < -0.4 is 9.47 Å². The van der Waals surface area contributed by atoms with Gasteiger partial charge in [0.1, 0.15) is 11.9 Å². The molecule has 31 heavy (non-hydrogen) atoms. The van der Waals surface area contributed by atoms with Crippen LogP contribution in [0.2, 0.25) is 10.0 Å². The highest BCUT2D eigenvalue weighted by molar-refractivity contribution is 6.42. The number of carbonyl (C=O) groups excluding carboxylic acids is 1. The third-order valence-corrected chi connectivity index (χ3v) is 5.82. The molecule has 1 aliphatic heterocycles. The molecular weight excluding hydrogens is 446 g/mol. The van der Waals surface area contributed by atoms with Crippen molar-refractivity contribution >= 4 is 40.1 Å². The first-order chi connectivity index (χ1) is 14.9. The molecule has 1 fully saturated rings. The van der Waals surface area contributed by atoms with E-state index < -0.39 is 11.4 Å². The van der Waals surface area contributed by atoms with Crippen LogP contribution in [0.5, 0.6) is 17.5 Å². The highest BCUT2D eigenvalue weighted by atomic mass is 35.5. The number of aromatic nitrogens is 3. The second-order valence-electron chi connectivity index (χ2n) is 7.01. The average Bonchev–Trinajstić information content (AvgIpc) is 2.76. The number of rotatable bonds is 6. The van der Waals surface area contributed by atoms with Crippen molar-refractivity contribution in [2.24, 2.45) is 0 Å². The molecule has 3 aromatic rings. The van der Waals surface area contributed by atoms with Crippen molar-refractivity contribution in [3.63, 3.8) is 0 Å². The minimum absolute atomic E-state index is 0.0374. The first-order valence-corrected chi connectivity index (χ1v) is 10.1. The van der Waals surface area contributed by atoms with E-state index in [4.69, 9.17) is 32.7 Å². The lowest BCUT2D eigenvalue weighted by molar-refractivity contribution is -0.146. The molecule has 7 nitrogen and oxygen atoms in total. The van der Waals surface area contributed by atoms with E-state index >= 15 is 0 Å². The fourth-order valence-electron chi connectivity index (χ4n) is 3.24. The maximum atomic E-state index is 14.4. The van der Waals surface area contributed by atoms with E-state index in [2.05, 4.69) is 21.5 Å². The fourth-order valence-corrected chi connectivity index (χ4v) is 3.54. The van der Waals surface area contributed by atoms with Crippen molar-refractivity contribution < 1.29 is 18.7 Å². The predicted octanol–water partition coefficient (Wildman–Crippen LogP) is 4.82. The van der Waals surface area contributed by atoms with Gasteiger partial charge >= 0.3 is 0 Å². The van der Waals surface area contributed by atoms with Crippen LogP contribution in [-0.2, 0) is 4.79 Å². The van der Waals surface area contributed by atoms with Crippen molar-refractivity contribution in [1.82, 2.24) is 19.9 Å². The normalized spacial score (nSPS) is 14.8. The molecule has 1 aromatic carbocycles. The molecule has 0 unspecified atom stereocenters. The van der Waals surface area contributed by atoms with E-state index in [1.54, 1.807) is 17.0 Å².